The first-order valence-electron chi connectivity index (χ1n) is 13.2. The molecule has 9 nitrogen and oxygen atoms in total. The molecule has 2 saturated carbocycles. The van der Waals surface area contributed by atoms with Gasteiger partial charge in [-0.1, -0.05) is 23.4 Å². The summed E-state index contributed by atoms with van der Waals surface area (Å²) < 4.78 is 31.9. The van der Waals surface area contributed by atoms with Crippen LogP contribution in [0.4, 0.5) is 4.39 Å². The van der Waals surface area contributed by atoms with E-state index in [1.165, 1.54) is 12.4 Å². The summed E-state index contributed by atoms with van der Waals surface area (Å²) in [5.41, 5.74) is 6.04. The molecule has 2 aliphatic rings. The molecule has 7 rings (SSSR count). The summed E-state index contributed by atoms with van der Waals surface area (Å²) >= 11 is 0. The molecule has 200 valence electrons. The second-order valence-electron chi connectivity index (χ2n) is 10.0. The van der Waals surface area contributed by atoms with E-state index in [4.69, 9.17) is 14.0 Å². The van der Waals surface area contributed by atoms with E-state index >= 15 is 4.39 Å². The summed E-state index contributed by atoms with van der Waals surface area (Å²) in [6, 6.07) is 12.6. The van der Waals surface area contributed by atoms with Crippen LogP contribution in [0.25, 0.3) is 45.1 Å². The van der Waals surface area contributed by atoms with Crippen LogP contribution in [0.2, 0.25) is 0 Å². The van der Waals surface area contributed by atoms with Crippen molar-refractivity contribution in [3.63, 3.8) is 0 Å². The smallest absolute Gasteiger partial charge is 0.258 e. The highest BCUT2D eigenvalue weighted by Gasteiger charge is 2.31. The van der Waals surface area contributed by atoms with Gasteiger partial charge in [-0.2, -0.15) is 4.98 Å². The zero-order chi connectivity index (χ0) is 27.2. The zero-order valence-corrected chi connectivity index (χ0v) is 22.0. The lowest BCUT2D eigenvalue weighted by molar-refractivity contribution is 0.397. The molecule has 2 fully saturated rings. The fraction of sp³-hybridized carbons (Fsp3) is 0.267. The Morgan fingerprint density at radius 2 is 1.27 bits per heavy atom. The van der Waals surface area contributed by atoms with E-state index in [1.54, 1.807) is 26.6 Å². The van der Waals surface area contributed by atoms with Crippen molar-refractivity contribution in [2.45, 2.75) is 37.5 Å². The second kappa shape index (κ2) is 9.78. The molecule has 0 bridgehead atoms. The highest BCUT2D eigenvalue weighted by atomic mass is 19.1. The number of ether oxygens (including phenoxy) is 2. The van der Waals surface area contributed by atoms with Crippen molar-refractivity contribution in [1.82, 2.24) is 30.1 Å². The first-order chi connectivity index (χ1) is 19.6. The number of aromatic nitrogens is 6. The van der Waals surface area contributed by atoms with Crippen molar-refractivity contribution in [3.8, 4) is 56.9 Å². The van der Waals surface area contributed by atoms with Crippen molar-refractivity contribution in [3.05, 3.63) is 72.3 Å². The van der Waals surface area contributed by atoms with Crippen molar-refractivity contribution in [2.24, 2.45) is 0 Å². The van der Waals surface area contributed by atoms with Gasteiger partial charge in [0.05, 0.1) is 42.3 Å². The van der Waals surface area contributed by atoms with Gasteiger partial charge in [0.25, 0.3) is 5.89 Å². The zero-order valence-electron chi connectivity index (χ0n) is 22.0. The fourth-order valence-electron chi connectivity index (χ4n) is 5.03. The van der Waals surface area contributed by atoms with Crippen molar-refractivity contribution >= 4 is 0 Å². The predicted molar refractivity (Wildman–Crippen MR) is 144 cm³/mol. The van der Waals surface area contributed by atoms with Gasteiger partial charge in [0.1, 0.15) is 18.5 Å². The summed E-state index contributed by atoms with van der Waals surface area (Å²) in [6.45, 7) is 0. The Morgan fingerprint density at radius 3 is 1.82 bits per heavy atom. The maximum atomic E-state index is 15.4. The first-order valence-corrected chi connectivity index (χ1v) is 13.2. The molecule has 0 saturated heterocycles. The summed E-state index contributed by atoms with van der Waals surface area (Å²) in [7, 11) is 3.16. The number of halogens is 1. The third kappa shape index (κ3) is 4.35. The van der Waals surface area contributed by atoms with Crippen LogP contribution in [0.3, 0.4) is 0 Å². The third-order valence-corrected chi connectivity index (χ3v) is 7.34. The quantitative estimate of drug-likeness (QED) is 0.228. The van der Waals surface area contributed by atoms with Crippen LogP contribution in [0.1, 0.15) is 48.9 Å². The van der Waals surface area contributed by atoms with Crippen LogP contribution in [-0.2, 0) is 0 Å². The Morgan fingerprint density at radius 1 is 0.725 bits per heavy atom. The molecule has 0 amide bonds. The highest BCUT2D eigenvalue weighted by molar-refractivity contribution is 5.76. The van der Waals surface area contributed by atoms with E-state index in [-0.39, 0.29) is 17.3 Å². The first kappa shape index (κ1) is 24.3. The average Bonchev–Trinajstić information content (AvgIpc) is 3.94. The molecule has 40 heavy (non-hydrogen) atoms. The molecule has 0 unspecified atom stereocenters. The number of benzene rings is 2. The van der Waals surface area contributed by atoms with Crippen LogP contribution in [-0.4, -0.2) is 44.3 Å². The SMILES string of the molecule is COc1ncnc(C2CC2)c1-c1ccc(-c2nc(-c3ccc(-c4c(OC)ncnc4C4CC4)cc3F)no2)cc1. The van der Waals surface area contributed by atoms with E-state index in [1.807, 2.05) is 30.3 Å². The van der Waals surface area contributed by atoms with E-state index in [0.29, 0.717) is 34.7 Å². The third-order valence-electron chi connectivity index (χ3n) is 7.34. The predicted octanol–water partition coefficient (Wildman–Crippen LogP) is 6.23. The Balaban J connectivity index is 1.18. The molecule has 3 heterocycles. The maximum absolute atomic E-state index is 15.4. The molecule has 0 aliphatic heterocycles. The molecule has 2 aliphatic carbocycles. The lowest BCUT2D eigenvalue weighted by Crippen LogP contribution is -2.00. The number of nitrogens with zero attached hydrogens (tertiary/aromatic N) is 6. The van der Waals surface area contributed by atoms with Crippen molar-refractivity contribution in [2.75, 3.05) is 14.2 Å². The van der Waals surface area contributed by atoms with Gasteiger partial charge in [0, 0.05) is 17.4 Å². The summed E-state index contributed by atoms with van der Waals surface area (Å²) in [5.74, 6) is 1.73. The van der Waals surface area contributed by atoms with Gasteiger partial charge in [0.15, 0.2) is 0 Å². The van der Waals surface area contributed by atoms with Crippen molar-refractivity contribution < 1.29 is 18.4 Å². The molecular formula is C30H25FN6O3. The molecule has 0 N–H and O–H groups in total. The number of methoxy groups -OCH3 is 2. The van der Waals surface area contributed by atoms with Gasteiger partial charge < -0.3 is 14.0 Å². The minimum Gasteiger partial charge on any atom is -0.480 e. The van der Waals surface area contributed by atoms with E-state index in [2.05, 4.69) is 30.1 Å². The molecule has 0 atom stereocenters. The van der Waals surface area contributed by atoms with Crippen LogP contribution < -0.4 is 9.47 Å². The molecule has 0 radical (unpaired) electrons. The Kier molecular flexibility index (Phi) is 5.95. The minimum atomic E-state index is -0.475. The Labute approximate surface area is 229 Å². The maximum Gasteiger partial charge on any atom is 0.258 e. The summed E-state index contributed by atoms with van der Waals surface area (Å²) in [6.07, 6.45) is 7.36. The number of hydrogen-bond donors (Lipinski definition) is 0. The van der Waals surface area contributed by atoms with Crippen LogP contribution in [0, 0.1) is 5.82 Å². The molecule has 3 aromatic heterocycles. The minimum absolute atomic E-state index is 0.163. The van der Waals surface area contributed by atoms with Gasteiger partial charge in [-0.05, 0) is 61.1 Å². The van der Waals surface area contributed by atoms with E-state index < -0.39 is 5.82 Å². The van der Waals surface area contributed by atoms with Crippen LogP contribution >= 0.6 is 0 Å². The highest BCUT2D eigenvalue weighted by Crippen LogP contribution is 2.47. The second-order valence-corrected chi connectivity index (χ2v) is 10.0. The van der Waals surface area contributed by atoms with Crippen molar-refractivity contribution in [1.29, 1.82) is 0 Å². The van der Waals surface area contributed by atoms with Gasteiger partial charge in [-0.15, -0.1) is 0 Å². The number of hydrogen-bond acceptors (Lipinski definition) is 9. The molecule has 0 spiro atoms. The van der Waals surface area contributed by atoms with Gasteiger partial charge in [-0.3, -0.25) is 0 Å². The van der Waals surface area contributed by atoms with E-state index in [9.17, 15) is 0 Å². The normalized spacial score (nSPS) is 14.8. The molecular weight excluding hydrogens is 511 g/mol. The number of rotatable bonds is 8. The summed E-state index contributed by atoms with van der Waals surface area (Å²) in [5, 5.41) is 4.05. The average molecular weight is 537 g/mol. The molecule has 10 heteroatoms. The van der Waals surface area contributed by atoms with Crippen LogP contribution in [0.5, 0.6) is 11.8 Å². The topological polar surface area (TPSA) is 109 Å². The summed E-state index contributed by atoms with van der Waals surface area (Å²) in [4.78, 5) is 22.0. The molecule has 2 aromatic carbocycles. The Bertz CT molecular complexity index is 1710. The lowest BCUT2D eigenvalue weighted by Gasteiger charge is -2.12. The van der Waals surface area contributed by atoms with Crippen LogP contribution in [0.15, 0.2) is 59.6 Å². The fourth-order valence-corrected chi connectivity index (χ4v) is 5.03. The van der Waals surface area contributed by atoms with Gasteiger partial charge in [-0.25, -0.2) is 24.3 Å². The van der Waals surface area contributed by atoms with Gasteiger partial charge >= 0.3 is 0 Å². The monoisotopic (exact) mass is 536 g/mol. The van der Waals surface area contributed by atoms with E-state index in [0.717, 1.165) is 53.8 Å². The largest absolute Gasteiger partial charge is 0.480 e. The standard InChI is InChI=1S/C30H25FN6O3/c1-38-29-23(25(17-5-6-17)32-14-34-29)16-3-9-19(10-4-16)28-36-27(37-40-28)21-12-11-20(13-22(21)31)24-26(18-7-8-18)33-15-35-30(24)39-2/h3-4,9-15,17-18H,5-8H2,1-2H3. The molecule has 5 aromatic rings. The van der Waals surface area contributed by atoms with Gasteiger partial charge in [0.2, 0.25) is 17.6 Å². The Hall–Kier alpha value is -4.73. The lowest BCUT2D eigenvalue weighted by atomic mass is 10.0.